The van der Waals surface area contributed by atoms with Crippen LogP contribution in [0.25, 0.3) is 11.0 Å². The van der Waals surface area contributed by atoms with Crippen molar-refractivity contribution in [2.75, 3.05) is 0 Å². The molecular weight excluding hydrogens is 417 g/mol. The molecule has 0 unspecified atom stereocenters. The van der Waals surface area contributed by atoms with Gasteiger partial charge < -0.3 is 9.40 Å². The van der Waals surface area contributed by atoms with Crippen molar-refractivity contribution in [3.8, 4) is 0 Å². The Labute approximate surface area is 142 Å². The molecule has 0 saturated carbocycles. The average molecular weight is 425 g/mol. The van der Waals surface area contributed by atoms with Gasteiger partial charge in [-0.1, -0.05) is 0 Å². The summed E-state index contributed by atoms with van der Waals surface area (Å²) in [5.74, 6) is 0.260. The van der Waals surface area contributed by atoms with Gasteiger partial charge in [-0.2, -0.15) is 0 Å². The Morgan fingerprint density at radius 1 is 1.23 bits per heavy atom. The van der Waals surface area contributed by atoms with E-state index in [2.05, 4.69) is 37.6 Å². The fourth-order valence-corrected chi connectivity index (χ4v) is 2.54. The van der Waals surface area contributed by atoms with Gasteiger partial charge in [0.15, 0.2) is 4.77 Å². The first-order valence-corrected chi connectivity index (χ1v) is 7.60. The van der Waals surface area contributed by atoms with Crippen molar-refractivity contribution in [2.24, 2.45) is 4.99 Å². The van der Waals surface area contributed by atoms with Gasteiger partial charge >= 0.3 is 0 Å². The van der Waals surface area contributed by atoms with Crippen LogP contribution in [0.5, 0.6) is 0 Å². The number of H-pyrrole nitrogens is 2. The smallest absolute Gasteiger partial charge is 0.253 e. The highest BCUT2D eigenvalue weighted by Crippen LogP contribution is 2.15. The van der Waals surface area contributed by atoms with Crippen molar-refractivity contribution in [3.05, 3.63) is 65.0 Å². The van der Waals surface area contributed by atoms with Gasteiger partial charge in [0.1, 0.15) is 17.7 Å². The Hall–Kier alpha value is -2.07. The van der Waals surface area contributed by atoms with Crippen molar-refractivity contribution in [3.63, 3.8) is 0 Å². The molecule has 0 radical (unpaired) electrons. The third-order valence-corrected chi connectivity index (χ3v) is 3.73. The van der Waals surface area contributed by atoms with Crippen LogP contribution in [0.3, 0.4) is 0 Å². The topological polar surface area (TPSA) is 91.2 Å². The molecular formula is C14H8IN3O3S. The number of benzene rings is 1. The predicted molar refractivity (Wildman–Crippen MR) is 94.7 cm³/mol. The maximum atomic E-state index is 12.3. The van der Waals surface area contributed by atoms with Gasteiger partial charge in [-0.05, 0) is 53.0 Å². The molecule has 0 amide bonds. The van der Waals surface area contributed by atoms with Gasteiger partial charge in [0.25, 0.3) is 5.56 Å². The van der Waals surface area contributed by atoms with E-state index in [4.69, 9.17) is 16.6 Å². The van der Waals surface area contributed by atoms with Crippen molar-refractivity contribution < 1.29 is 4.42 Å². The van der Waals surface area contributed by atoms with E-state index < -0.39 is 0 Å². The summed E-state index contributed by atoms with van der Waals surface area (Å²) in [6.07, 6.45) is 2.68. The summed E-state index contributed by atoms with van der Waals surface area (Å²) in [5, 5.41) is 0.475. The number of nitrogens with zero attached hydrogens (tertiary/aromatic N) is 1. The predicted octanol–water partition coefficient (Wildman–Crippen LogP) is 2.89. The van der Waals surface area contributed by atoms with Crippen molar-refractivity contribution in [2.45, 2.75) is 0 Å². The lowest BCUT2D eigenvalue weighted by Gasteiger charge is -1.99. The minimum absolute atomic E-state index is 0.166. The summed E-state index contributed by atoms with van der Waals surface area (Å²) in [5.41, 5.74) is 0.249. The quantitative estimate of drug-likeness (QED) is 0.375. The second-order valence-corrected chi connectivity index (χ2v) is 6.05. The van der Waals surface area contributed by atoms with Crippen molar-refractivity contribution >= 4 is 57.8 Å². The highest BCUT2D eigenvalue weighted by molar-refractivity contribution is 14.1. The van der Waals surface area contributed by atoms with E-state index in [-0.39, 0.29) is 27.1 Å². The van der Waals surface area contributed by atoms with E-state index >= 15 is 0 Å². The summed E-state index contributed by atoms with van der Waals surface area (Å²) in [6.45, 7) is 0. The summed E-state index contributed by atoms with van der Waals surface area (Å²) in [6, 6.07) is 6.57. The van der Waals surface area contributed by atoms with Crippen LogP contribution < -0.4 is 11.0 Å². The van der Waals surface area contributed by atoms with E-state index in [9.17, 15) is 9.59 Å². The lowest BCUT2D eigenvalue weighted by molar-refractivity contribution is 0.601. The fraction of sp³-hybridized carbons (Fsp3) is 0. The molecule has 110 valence electrons. The van der Waals surface area contributed by atoms with Crippen LogP contribution in [0.4, 0.5) is 5.82 Å². The van der Waals surface area contributed by atoms with Crippen LogP contribution in [0.2, 0.25) is 0 Å². The molecule has 2 aromatic heterocycles. The molecule has 0 aliphatic carbocycles. The second-order valence-electron chi connectivity index (χ2n) is 4.39. The number of hydrogen-bond donors (Lipinski definition) is 2. The molecule has 0 aliphatic rings. The molecule has 0 atom stereocenters. The number of rotatable bonds is 2. The highest BCUT2D eigenvalue weighted by atomic mass is 127. The van der Waals surface area contributed by atoms with E-state index in [0.29, 0.717) is 11.0 Å². The molecule has 0 saturated heterocycles. The Morgan fingerprint density at radius 3 is 2.82 bits per heavy atom. The van der Waals surface area contributed by atoms with Gasteiger partial charge in [-0.25, -0.2) is 4.99 Å². The van der Waals surface area contributed by atoms with Gasteiger partial charge in [-0.15, -0.1) is 0 Å². The zero-order valence-corrected chi connectivity index (χ0v) is 13.9. The number of hydrogen-bond acceptors (Lipinski definition) is 5. The van der Waals surface area contributed by atoms with E-state index in [1.807, 2.05) is 6.07 Å². The number of aromatic nitrogens is 2. The Balaban J connectivity index is 2.07. The van der Waals surface area contributed by atoms with E-state index in [1.165, 1.54) is 18.5 Å². The zero-order valence-electron chi connectivity index (χ0n) is 10.9. The number of aromatic amines is 2. The Morgan fingerprint density at radius 2 is 2.05 bits per heavy atom. The number of halogens is 1. The maximum Gasteiger partial charge on any atom is 0.253 e. The number of fused-ring (bicyclic) bond motifs is 1. The summed E-state index contributed by atoms with van der Waals surface area (Å²) >= 11 is 7.00. The summed E-state index contributed by atoms with van der Waals surface area (Å²) in [7, 11) is 0. The minimum Gasteiger partial charge on any atom is -0.463 e. The van der Waals surface area contributed by atoms with Crippen LogP contribution in [0.1, 0.15) is 5.56 Å². The second kappa shape index (κ2) is 5.97. The molecule has 8 heteroatoms. The van der Waals surface area contributed by atoms with Gasteiger partial charge in [0.2, 0.25) is 5.43 Å². The molecule has 3 aromatic rings. The lowest BCUT2D eigenvalue weighted by atomic mass is 10.2. The summed E-state index contributed by atoms with van der Waals surface area (Å²) in [4.78, 5) is 32.8. The molecule has 2 heterocycles. The molecule has 0 aliphatic heterocycles. The Kier molecular flexibility index (Phi) is 4.03. The number of aliphatic imine (C=N–C) groups is 1. The van der Waals surface area contributed by atoms with Crippen LogP contribution in [-0.4, -0.2) is 16.2 Å². The molecule has 22 heavy (non-hydrogen) atoms. The lowest BCUT2D eigenvalue weighted by Crippen LogP contribution is -2.08. The first kappa shape index (κ1) is 14.9. The average Bonchev–Trinajstić information content (AvgIpc) is 2.45. The summed E-state index contributed by atoms with van der Waals surface area (Å²) < 4.78 is 6.59. The largest absolute Gasteiger partial charge is 0.463 e. The zero-order chi connectivity index (χ0) is 15.7. The highest BCUT2D eigenvalue weighted by Gasteiger charge is 2.05. The standard InChI is InChI=1S/C14H8IN3O3S/c15-8-1-2-9-10(3-8)21-6-7(13(9)20)5-16-11-4-12(19)18-14(22)17-11/h1-6H,(H2,17,18,19,22). The third-order valence-electron chi connectivity index (χ3n) is 2.85. The molecule has 3 rings (SSSR count). The maximum absolute atomic E-state index is 12.3. The first-order chi connectivity index (χ1) is 10.5. The molecule has 0 spiro atoms. The molecule has 0 bridgehead atoms. The molecule has 6 nitrogen and oxygen atoms in total. The third kappa shape index (κ3) is 3.07. The van der Waals surface area contributed by atoms with Gasteiger partial charge in [0, 0.05) is 15.9 Å². The van der Waals surface area contributed by atoms with E-state index in [1.54, 1.807) is 12.1 Å². The van der Waals surface area contributed by atoms with Gasteiger partial charge in [0.05, 0.1) is 10.9 Å². The van der Waals surface area contributed by atoms with Gasteiger partial charge in [-0.3, -0.25) is 14.6 Å². The minimum atomic E-state index is -0.365. The normalized spacial score (nSPS) is 11.3. The molecule has 2 N–H and O–H groups in total. The fourth-order valence-electron chi connectivity index (χ4n) is 1.87. The monoisotopic (exact) mass is 425 g/mol. The van der Waals surface area contributed by atoms with Crippen LogP contribution >= 0.6 is 34.8 Å². The SMILES string of the molecule is O=c1cc(N=Cc2coc3cc(I)ccc3c2=O)[nH]c(=S)[nH]1. The molecule has 1 aromatic carbocycles. The van der Waals surface area contributed by atoms with Crippen LogP contribution in [-0.2, 0) is 0 Å². The molecule has 0 fully saturated rings. The van der Waals surface area contributed by atoms with E-state index in [0.717, 1.165) is 3.57 Å². The Bertz CT molecular complexity index is 1040. The first-order valence-electron chi connectivity index (χ1n) is 6.12. The van der Waals surface area contributed by atoms with Crippen molar-refractivity contribution in [1.82, 2.24) is 9.97 Å². The van der Waals surface area contributed by atoms with Crippen molar-refractivity contribution in [1.29, 1.82) is 0 Å². The number of nitrogens with one attached hydrogen (secondary N) is 2. The van der Waals surface area contributed by atoms with Crippen LogP contribution in [0, 0.1) is 8.34 Å². The van der Waals surface area contributed by atoms with Crippen LogP contribution in [0.15, 0.2) is 49.5 Å².